The molecule has 1 aliphatic heterocycles. The molecular weight excluding hydrogens is 288 g/mol. The van der Waals surface area contributed by atoms with Crippen LogP contribution in [0.25, 0.3) is 12.2 Å². The van der Waals surface area contributed by atoms with E-state index in [-0.39, 0.29) is 11.5 Å². The van der Waals surface area contributed by atoms with Gasteiger partial charge in [0.05, 0.1) is 13.2 Å². The maximum atomic E-state index is 6.05. The molecule has 0 spiro atoms. The number of hydrogen-bond donors (Lipinski definition) is 1. The van der Waals surface area contributed by atoms with Crippen LogP contribution in [0.5, 0.6) is 0 Å². The van der Waals surface area contributed by atoms with Gasteiger partial charge in [-0.25, -0.2) is 0 Å². The van der Waals surface area contributed by atoms with Crippen molar-refractivity contribution in [2.24, 2.45) is 5.73 Å². The van der Waals surface area contributed by atoms with Crippen molar-refractivity contribution in [1.29, 1.82) is 0 Å². The molecule has 0 saturated carbocycles. The predicted octanol–water partition coefficient (Wildman–Crippen LogP) is 1.74. The fraction of sp³-hybridized carbons (Fsp3) is 0.579. The van der Waals surface area contributed by atoms with Crippen molar-refractivity contribution in [1.82, 2.24) is 4.57 Å². The van der Waals surface area contributed by atoms with E-state index >= 15 is 0 Å². The first-order chi connectivity index (χ1) is 10.7. The first-order valence-electron chi connectivity index (χ1n) is 8.35. The molecule has 1 fully saturated rings. The molecule has 0 unspecified atom stereocenters. The van der Waals surface area contributed by atoms with Crippen molar-refractivity contribution in [3.8, 4) is 0 Å². The first kappa shape index (κ1) is 16.3. The van der Waals surface area contributed by atoms with Crippen LogP contribution in [0, 0.1) is 0 Å². The van der Waals surface area contributed by atoms with Gasteiger partial charge in [0.2, 0.25) is 0 Å². The number of hydrogen-bond acceptors (Lipinski definition) is 3. The van der Waals surface area contributed by atoms with Gasteiger partial charge in [0.15, 0.2) is 5.79 Å². The highest BCUT2D eigenvalue weighted by molar-refractivity contribution is 5.50. The summed E-state index contributed by atoms with van der Waals surface area (Å²) in [4.78, 5) is 0. The van der Waals surface area contributed by atoms with Crippen LogP contribution in [0.2, 0.25) is 0 Å². The number of nitrogens with zero attached hydrogens (tertiary/aromatic N) is 1. The van der Waals surface area contributed by atoms with E-state index in [4.69, 9.17) is 15.2 Å². The third-order valence-corrected chi connectivity index (χ3v) is 4.38. The van der Waals surface area contributed by atoms with E-state index in [2.05, 4.69) is 49.6 Å². The molecule has 0 amide bonds. The number of fused-ring (bicyclic) bond motifs is 1. The van der Waals surface area contributed by atoms with Crippen LogP contribution in [0.4, 0.5) is 0 Å². The lowest BCUT2D eigenvalue weighted by Gasteiger charge is -2.24. The monoisotopic (exact) mass is 316 g/mol. The smallest absolute Gasteiger partial charge is 0.163 e. The van der Waals surface area contributed by atoms with Crippen LogP contribution in [0.3, 0.4) is 0 Å². The molecule has 23 heavy (non-hydrogen) atoms. The van der Waals surface area contributed by atoms with Crippen molar-refractivity contribution < 1.29 is 9.47 Å². The summed E-state index contributed by atoms with van der Waals surface area (Å²) in [6, 6.07) is 2.26. The van der Waals surface area contributed by atoms with E-state index in [0.29, 0.717) is 6.61 Å². The molecule has 0 radical (unpaired) electrons. The molecule has 0 bridgehead atoms. The number of allylic oxidation sites excluding steroid dienone is 2. The molecule has 2 N–H and O–H groups in total. The van der Waals surface area contributed by atoms with Crippen LogP contribution >= 0.6 is 0 Å². The Balaban J connectivity index is 2.06. The summed E-state index contributed by atoms with van der Waals surface area (Å²) in [7, 11) is 0. The lowest BCUT2D eigenvalue weighted by molar-refractivity contribution is -0.139. The zero-order chi connectivity index (χ0) is 16.8. The Hall–Kier alpha value is -1.52. The summed E-state index contributed by atoms with van der Waals surface area (Å²) >= 11 is 0. The fourth-order valence-corrected chi connectivity index (χ4v) is 3.35. The highest BCUT2D eigenvalue weighted by Crippen LogP contribution is 2.25. The van der Waals surface area contributed by atoms with Gasteiger partial charge in [-0.2, -0.15) is 0 Å². The highest BCUT2D eigenvalue weighted by Gasteiger charge is 2.33. The quantitative estimate of drug-likeness (QED) is 0.904. The molecule has 1 aromatic rings. The van der Waals surface area contributed by atoms with E-state index in [9.17, 15) is 0 Å². The second kappa shape index (κ2) is 5.53. The lowest BCUT2D eigenvalue weighted by Crippen LogP contribution is -2.35. The van der Waals surface area contributed by atoms with Gasteiger partial charge >= 0.3 is 0 Å². The Bertz CT molecular complexity index is 748. The van der Waals surface area contributed by atoms with Gasteiger partial charge in [0, 0.05) is 27.4 Å². The molecule has 1 atom stereocenters. The van der Waals surface area contributed by atoms with Crippen molar-refractivity contribution in [2.75, 3.05) is 6.61 Å². The second-order valence-corrected chi connectivity index (χ2v) is 7.97. The third-order valence-electron chi connectivity index (χ3n) is 4.38. The van der Waals surface area contributed by atoms with Crippen LogP contribution < -0.4 is 16.3 Å². The molecular formula is C19H28N2O2. The lowest BCUT2D eigenvalue weighted by atomic mass is 9.92. The summed E-state index contributed by atoms with van der Waals surface area (Å²) in [6.07, 6.45) is 7.31. The van der Waals surface area contributed by atoms with Gasteiger partial charge in [-0.05, 0) is 32.4 Å². The standard InChI is InChI=1S/C19H28N2O2/c1-18(2,3)17-10-13-9-14(20)7-6-8-16(13)21(17)11-15-12-22-19(4,5)23-15/h7-10,15H,6,11-12,20H2,1-5H3/t15-/m1/s1. The number of rotatable bonds is 2. The van der Waals surface area contributed by atoms with E-state index in [1.165, 1.54) is 16.3 Å². The maximum Gasteiger partial charge on any atom is 0.163 e. The Labute approximate surface area is 138 Å². The van der Waals surface area contributed by atoms with Crippen molar-refractivity contribution in [3.05, 3.63) is 34.1 Å². The Morgan fingerprint density at radius 1 is 1.30 bits per heavy atom. The minimum atomic E-state index is -0.488. The van der Waals surface area contributed by atoms with Crippen molar-refractivity contribution in [3.63, 3.8) is 0 Å². The van der Waals surface area contributed by atoms with Gasteiger partial charge in [0.1, 0.15) is 6.10 Å². The van der Waals surface area contributed by atoms with Crippen molar-refractivity contribution in [2.45, 2.75) is 64.9 Å². The van der Waals surface area contributed by atoms with Gasteiger partial charge in [-0.15, -0.1) is 0 Å². The SMILES string of the molecule is CC1(C)OC[C@@H](Cn2c(C(C)(C)C)cc3c2=CCC=C(N)C=3)O1. The molecule has 1 aliphatic carbocycles. The van der Waals surface area contributed by atoms with Gasteiger partial charge < -0.3 is 19.8 Å². The Morgan fingerprint density at radius 2 is 2.04 bits per heavy atom. The zero-order valence-electron chi connectivity index (χ0n) is 14.8. The number of ether oxygens (including phenoxy) is 2. The highest BCUT2D eigenvalue weighted by atomic mass is 16.7. The normalized spacial score (nSPS) is 23.5. The minimum Gasteiger partial charge on any atom is -0.399 e. The second-order valence-electron chi connectivity index (χ2n) is 7.97. The van der Waals surface area contributed by atoms with Crippen LogP contribution in [-0.2, 0) is 21.4 Å². The van der Waals surface area contributed by atoms with E-state index in [1.807, 2.05) is 13.8 Å². The Morgan fingerprint density at radius 3 is 2.65 bits per heavy atom. The molecule has 0 aromatic carbocycles. The van der Waals surface area contributed by atoms with E-state index in [0.717, 1.165) is 18.7 Å². The average molecular weight is 316 g/mol. The van der Waals surface area contributed by atoms with Crippen LogP contribution in [-0.4, -0.2) is 23.1 Å². The summed E-state index contributed by atoms with van der Waals surface area (Å²) in [5, 5.41) is 2.43. The molecule has 1 saturated heterocycles. The van der Waals surface area contributed by atoms with Crippen molar-refractivity contribution >= 4 is 12.2 Å². The summed E-state index contributed by atoms with van der Waals surface area (Å²) in [5.41, 5.74) is 8.24. The molecule has 4 heteroatoms. The maximum absolute atomic E-state index is 6.05. The largest absolute Gasteiger partial charge is 0.399 e. The molecule has 126 valence electrons. The van der Waals surface area contributed by atoms with Gasteiger partial charge in [-0.1, -0.05) is 32.9 Å². The zero-order valence-corrected chi connectivity index (χ0v) is 14.8. The van der Waals surface area contributed by atoms with Gasteiger partial charge in [-0.3, -0.25) is 0 Å². The molecule has 2 aliphatic rings. The first-order valence-corrected chi connectivity index (χ1v) is 8.35. The number of aromatic nitrogens is 1. The number of nitrogens with two attached hydrogens (primary N) is 1. The molecule has 3 rings (SSSR count). The molecule has 1 aromatic heterocycles. The molecule has 4 nitrogen and oxygen atoms in total. The topological polar surface area (TPSA) is 49.4 Å². The average Bonchev–Trinajstić information content (AvgIpc) is 2.85. The van der Waals surface area contributed by atoms with Gasteiger partial charge in [0.25, 0.3) is 0 Å². The Kier molecular flexibility index (Phi) is 3.93. The third kappa shape index (κ3) is 3.38. The van der Waals surface area contributed by atoms with E-state index in [1.54, 1.807) is 0 Å². The summed E-state index contributed by atoms with van der Waals surface area (Å²) in [6.45, 7) is 12.1. The predicted molar refractivity (Wildman–Crippen MR) is 93.1 cm³/mol. The molecule has 2 heterocycles. The van der Waals surface area contributed by atoms with Crippen LogP contribution in [0.1, 0.15) is 46.7 Å². The minimum absolute atomic E-state index is 0.0569. The fourth-order valence-electron chi connectivity index (χ4n) is 3.35. The summed E-state index contributed by atoms with van der Waals surface area (Å²) < 4.78 is 14.1. The summed E-state index contributed by atoms with van der Waals surface area (Å²) in [5.74, 6) is -0.488. The van der Waals surface area contributed by atoms with Crippen LogP contribution in [0.15, 0.2) is 17.8 Å². The van der Waals surface area contributed by atoms with E-state index < -0.39 is 5.79 Å².